The number of carboxylic acid groups (broad SMARTS) is 1. The van der Waals surface area contributed by atoms with Gasteiger partial charge in [-0.25, -0.2) is 9.97 Å². The van der Waals surface area contributed by atoms with Gasteiger partial charge in [0.15, 0.2) is 5.82 Å². The summed E-state index contributed by atoms with van der Waals surface area (Å²) in [6.45, 7) is 3.12. The molecule has 0 unspecified atom stereocenters. The van der Waals surface area contributed by atoms with E-state index in [0.717, 1.165) is 33.3 Å². The number of carbonyl (C=O) groups is 1. The van der Waals surface area contributed by atoms with E-state index in [1.165, 1.54) is 0 Å². The standard InChI is InChI=1S/C26H25N3O3/c1-2-32-23-11-6-4-8-20(23)18-13-15-19(16-14-18)25-28-22-10-5-3-9-21(22)26(29-25)27-17-7-12-24(30)31/h3-6,8-11,13-16H,2,7,12,17H2,1H3,(H,30,31)(H,27,28,29). The molecule has 0 aliphatic heterocycles. The number of aromatic nitrogens is 2. The number of hydrogen-bond acceptors (Lipinski definition) is 5. The molecule has 0 bridgehead atoms. The van der Waals surface area contributed by atoms with Crippen molar-refractivity contribution < 1.29 is 14.6 Å². The number of carboxylic acids is 1. The van der Waals surface area contributed by atoms with Crippen LogP contribution in [0.1, 0.15) is 19.8 Å². The number of benzene rings is 3. The van der Waals surface area contributed by atoms with Gasteiger partial charge in [0.2, 0.25) is 0 Å². The fourth-order valence-corrected chi connectivity index (χ4v) is 3.57. The molecule has 4 rings (SSSR count). The average molecular weight is 428 g/mol. The quantitative estimate of drug-likeness (QED) is 0.336. The first-order chi connectivity index (χ1) is 15.7. The molecule has 0 spiro atoms. The Balaban J connectivity index is 1.64. The van der Waals surface area contributed by atoms with Crippen LogP contribution < -0.4 is 10.1 Å². The Bertz CT molecular complexity index is 1220. The Morgan fingerprint density at radius 2 is 1.66 bits per heavy atom. The van der Waals surface area contributed by atoms with E-state index in [9.17, 15) is 4.79 Å². The third-order valence-electron chi connectivity index (χ3n) is 5.10. The monoisotopic (exact) mass is 427 g/mol. The van der Waals surface area contributed by atoms with Gasteiger partial charge in [0.1, 0.15) is 11.6 Å². The maximum Gasteiger partial charge on any atom is 0.303 e. The molecule has 0 saturated heterocycles. The van der Waals surface area contributed by atoms with E-state index in [0.29, 0.717) is 31.2 Å². The minimum atomic E-state index is -0.800. The van der Waals surface area contributed by atoms with E-state index >= 15 is 0 Å². The van der Waals surface area contributed by atoms with Gasteiger partial charge >= 0.3 is 5.97 Å². The van der Waals surface area contributed by atoms with Gasteiger partial charge in [0.25, 0.3) is 0 Å². The average Bonchev–Trinajstić information content (AvgIpc) is 2.82. The SMILES string of the molecule is CCOc1ccccc1-c1ccc(-c2nc(NCCCC(=O)O)c3ccccc3n2)cc1. The third kappa shape index (κ3) is 4.86. The van der Waals surface area contributed by atoms with E-state index in [-0.39, 0.29) is 6.42 Å². The number of para-hydroxylation sites is 2. The Morgan fingerprint density at radius 1 is 0.938 bits per heavy atom. The van der Waals surface area contributed by atoms with Gasteiger partial charge in [-0.3, -0.25) is 4.79 Å². The van der Waals surface area contributed by atoms with E-state index in [2.05, 4.69) is 5.32 Å². The zero-order valence-corrected chi connectivity index (χ0v) is 17.9. The summed E-state index contributed by atoms with van der Waals surface area (Å²) in [7, 11) is 0. The van der Waals surface area contributed by atoms with Crippen LogP contribution in [0, 0.1) is 0 Å². The predicted octanol–water partition coefficient (Wildman–Crippen LogP) is 5.64. The Hall–Kier alpha value is -3.93. The van der Waals surface area contributed by atoms with Gasteiger partial charge < -0.3 is 15.2 Å². The molecule has 0 radical (unpaired) electrons. The van der Waals surface area contributed by atoms with E-state index in [1.807, 2.05) is 79.7 Å². The minimum absolute atomic E-state index is 0.119. The molecule has 32 heavy (non-hydrogen) atoms. The molecular formula is C26H25N3O3. The van der Waals surface area contributed by atoms with Crippen molar-refractivity contribution in [2.24, 2.45) is 0 Å². The highest BCUT2D eigenvalue weighted by Gasteiger charge is 2.11. The lowest BCUT2D eigenvalue weighted by atomic mass is 10.0. The van der Waals surface area contributed by atoms with Crippen molar-refractivity contribution in [3.05, 3.63) is 72.8 Å². The van der Waals surface area contributed by atoms with Crippen molar-refractivity contribution in [2.45, 2.75) is 19.8 Å². The third-order valence-corrected chi connectivity index (χ3v) is 5.10. The molecule has 4 aromatic rings. The van der Waals surface area contributed by atoms with Crippen LogP contribution in [0.4, 0.5) is 5.82 Å². The molecule has 0 fully saturated rings. The first-order valence-electron chi connectivity index (χ1n) is 10.7. The number of hydrogen-bond donors (Lipinski definition) is 2. The normalized spacial score (nSPS) is 10.8. The van der Waals surface area contributed by atoms with Crippen molar-refractivity contribution in [1.29, 1.82) is 0 Å². The molecule has 3 aromatic carbocycles. The molecule has 0 aliphatic rings. The van der Waals surface area contributed by atoms with Crippen LogP contribution in [0.25, 0.3) is 33.4 Å². The van der Waals surface area contributed by atoms with Crippen molar-refractivity contribution in [2.75, 3.05) is 18.5 Å². The van der Waals surface area contributed by atoms with Gasteiger partial charge in [-0.15, -0.1) is 0 Å². The maximum absolute atomic E-state index is 10.8. The second kappa shape index (κ2) is 9.92. The Kier molecular flexibility index (Phi) is 6.60. The van der Waals surface area contributed by atoms with Crippen LogP contribution in [-0.2, 0) is 4.79 Å². The van der Waals surface area contributed by atoms with Crippen LogP contribution in [0.5, 0.6) is 5.75 Å². The zero-order valence-electron chi connectivity index (χ0n) is 17.9. The largest absolute Gasteiger partial charge is 0.493 e. The second-order valence-corrected chi connectivity index (χ2v) is 7.34. The summed E-state index contributed by atoms with van der Waals surface area (Å²) < 4.78 is 5.76. The smallest absolute Gasteiger partial charge is 0.303 e. The van der Waals surface area contributed by atoms with E-state index in [4.69, 9.17) is 19.8 Å². The summed E-state index contributed by atoms with van der Waals surface area (Å²) in [4.78, 5) is 20.3. The maximum atomic E-state index is 10.8. The summed E-state index contributed by atoms with van der Waals surface area (Å²) >= 11 is 0. The van der Waals surface area contributed by atoms with Crippen LogP contribution in [0.3, 0.4) is 0 Å². The fourth-order valence-electron chi connectivity index (χ4n) is 3.57. The van der Waals surface area contributed by atoms with E-state index in [1.54, 1.807) is 0 Å². The van der Waals surface area contributed by atoms with Crippen LogP contribution in [-0.4, -0.2) is 34.2 Å². The first kappa shape index (κ1) is 21.3. The van der Waals surface area contributed by atoms with Crippen LogP contribution >= 0.6 is 0 Å². The summed E-state index contributed by atoms with van der Waals surface area (Å²) in [5.74, 6) is 1.39. The second-order valence-electron chi connectivity index (χ2n) is 7.34. The summed E-state index contributed by atoms with van der Waals surface area (Å²) in [5, 5.41) is 13.1. The van der Waals surface area contributed by atoms with Crippen LogP contribution in [0.15, 0.2) is 72.8 Å². The molecule has 1 aromatic heterocycles. The topological polar surface area (TPSA) is 84.3 Å². The van der Waals surface area contributed by atoms with Gasteiger partial charge in [0.05, 0.1) is 12.1 Å². The molecular weight excluding hydrogens is 402 g/mol. The van der Waals surface area contributed by atoms with Gasteiger partial charge in [-0.2, -0.15) is 0 Å². The lowest BCUT2D eigenvalue weighted by molar-refractivity contribution is -0.137. The lowest BCUT2D eigenvalue weighted by Crippen LogP contribution is -2.07. The van der Waals surface area contributed by atoms with Gasteiger partial charge in [-0.05, 0) is 37.1 Å². The molecule has 0 amide bonds. The number of ether oxygens (including phenoxy) is 1. The number of rotatable bonds is 9. The van der Waals surface area contributed by atoms with Crippen molar-refractivity contribution >= 4 is 22.7 Å². The Labute approximate surface area is 186 Å². The van der Waals surface area contributed by atoms with E-state index < -0.39 is 5.97 Å². The minimum Gasteiger partial charge on any atom is -0.493 e. The highest BCUT2D eigenvalue weighted by molar-refractivity contribution is 5.90. The fraction of sp³-hybridized carbons (Fsp3) is 0.192. The summed E-state index contributed by atoms with van der Waals surface area (Å²) in [6, 6.07) is 23.9. The number of nitrogens with one attached hydrogen (secondary N) is 1. The van der Waals surface area contributed by atoms with Gasteiger partial charge in [-0.1, -0.05) is 54.6 Å². The molecule has 6 nitrogen and oxygen atoms in total. The molecule has 0 saturated carbocycles. The molecule has 0 atom stereocenters. The number of aliphatic carboxylic acids is 1. The molecule has 1 heterocycles. The summed E-state index contributed by atoms with van der Waals surface area (Å²) in [5.41, 5.74) is 3.85. The molecule has 162 valence electrons. The first-order valence-corrected chi connectivity index (χ1v) is 10.7. The van der Waals surface area contributed by atoms with Gasteiger partial charge in [0, 0.05) is 29.5 Å². The van der Waals surface area contributed by atoms with Crippen molar-refractivity contribution in [3.8, 4) is 28.3 Å². The molecule has 2 N–H and O–H groups in total. The summed E-state index contributed by atoms with van der Waals surface area (Å²) in [6.07, 6.45) is 0.643. The van der Waals surface area contributed by atoms with Crippen LogP contribution in [0.2, 0.25) is 0 Å². The highest BCUT2D eigenvalue weighted by atomic mass is 16.5. The van der Waals surface area contributed by atoms with Crippen molar-refractivity contribution in [3.63, 3.8) is 0 Å². The Morgan fingerprint density at radius 3 is 2.44 bits per heavy atom. The highest BCUT2D eigenvalue weighted by Crippen LogP contribution is 2.32. The number of anilines is 1. The molecule has 0 aliphatic carbocycles. The van der Waals surface area contributed by atoms with Crippen molar-refractivity contribution in [1.82, 2.24) is 9.97 Å². The number of nitrogens with zero attached hydrogens (tertiary/aromatic N) is 2. The number of fused-ring (bicyclic) bond motifs is 1. The zero-order chi connectivity index (χ0) is 22.3. The predicted molar refractivity (Wildman–Crippen MR) is 127 cm³/mol. The molecule has 6 heteroatoms. The lowest BCUT2D eigenvalue weighted by Gasteiger charge is -2.12.